The molecular formula is C32H69NP2S2. The highest BCUT2D eigenvalue weighted by molar-refractivity contribution is 8.22. The lowest BCUT2D eigenvalue weighted by Gasteiger charge is -2.33. The second-order valence-electron chi connectivity index (χ2n) is 11.8. The fourth-order valence-electron chi connectivity index (χ4n) is 5.35. The summed E-state index contributed by atoms with van der Waals surface area (Å²) in [6, 6.07) is 0. The standard InChI is InChI=1S/C32H69NP2S2/c1-5-9-13-17-21-25-29-34(36,30-26-22-18-14-10-6-2)33-35(37,31-27-23-19-15-11-7-3)32-28-24-20-16-12-8-4/h5-32H2,1-4H3,(H,33,36,37). The Balaban J connectivity index is 5.06. The first kappa shape index (κ1) is 38.3. The van der Waals surface area contributed by atoms with Crippen LogP contribution in [-0.2, 0) is 23.6 Å². The van der Waals surface area contributed by atoms with E-state index in [0.29, 0.717) is 0 Å². The molecule has 0 heterocycles. The van der Waals surface area contributed by atoms with E-state index in [2.05, 4.69) is 32.6 Å². The molecule has 0 rings (SSSR count). The molecule has 1 N–H and O–H groups in total. The zero-order valence-electron chi connectivity index (χ0n) is 26.0. The quantitative estimate of drug-likeness (QED) is 0.0657. The van der Waals surface area contributed by atoms with Crippen LogP contribution >= 0.6 is 12.4 Å². The van der Waals surface area contributed by atoms with E-state index in [1.807, 2.05) is 0 Å². The van der Waals surface area contributed by atoms with Gasteiger partial charge in [0.25, 0.3) is 0 Å². The summed E-state index contributed by atoms with van der Waals surface area (Å²) in [5, 5.41) is 0. The van der Waals surface area contributed by atoms with Crippen LogP contribution in [0.2, 0.25) is 0 Å². The minimum Gasteiger partial charge on any atom is -0.259 e. The summed E-state index contributed by atoms with van der Waals surface area (Å²) >= 11 is 13.2. The largest absolute Gasteiger partial charge is 0.259 e. The van der Waals surface area contributed by atoms with Crippen molar-refractivity contribution in [2.24, 2.45) is 0 Å². The molecule has 0 aromatic rings. The molecule has 0 aliphatic carbocycles. The Morgan fingerprint density at radius 1 is 0.324 bits per heavy atom. The Hall–Kier alpha value is 1.26. The van der Waals surface area contributed by atoms with E-state index < -0.39 is 12.4 Å². The van der Waals surface area contributed by atoms with E-state index in [-0.39, 0.29) is 0 Å². The van der Waals surface area contributed by atoms with Crippen molar-refractivity contribution < 1.29 is 0 Å². The van der Waals surface area contributed by atoms with Gasteiger partial charge in [0.1, 0.15) is 0 Å². The van der Waals surface area contributed by atoms with Crippen molar-refractivity contribution in [2.75, 3.05) is 24.6 Å². The Kier molecular flexibility index (Phi) is 28.4. The van der Waals surface area contributed by atoms with Crippen LogP contribution in [0.1, 0.15) is 182 Å². The Labute approximate surface area is 246 Å². The molecule has 0 radical (unpaired) electrons. The summed E-state index contributed by atoms with van der Waals surface area (Å²) in [5.41, 5.74) is 0. The van der Waals surface area contributed by atoms with Crippen LogP contribution in [0.15, 0.2) is 0 Å². The van der Waals surface area contributed by atoms with Gasteiger partial charge in [0.2, 0.25) is 0 Å². The smallest absolute Gasteiger partial charge is 0.0164 e. The van der Waals surface area contributed by atoms with E-state index in [1.54, 1.807) is 0 Å². The van der Waals surface area contributed by atoms with Gasteiger partial charge >= 0.3 is 0 Å². The number of hydrogen-bond donors (Lipinski definition) is 1. The van der Waals surface area contributed by atoms with E-state index in [9.17, 15) is 0 Å². The summed E-state index contributed by atoms with van der Waals surface area (Å²) in [6.07, 6.45) is 34.8. The molecule has 0 aromatic carbocycles. The summed E-state index contributed by atoms with van der Waals surface area (Å²) in [5.74, 6) is 0. The van der Waals surface area contributed by atoms with Crippen LogP contribution in [0.5, 0.6) is 0 Å². The summed E-state index contributed by atoms with van der Waals surface area (Å²) in [6.45, 7) is 9.24. The highest BCUT2D eigenvalue weighted by atomic mass is 32.5. The van der Waals surface area contributed by atoms with Gasteiger partial charge in [0, 0.05) is 12.4 Å². The molecule has 1 nitrogen and oxygen atoms in total. The number of hydrogen-bond acceptors (Lipinski definition) is 2. The third kappa shape index (κ3) is 24.8. The van der Waals surface area contributed by atoms with Gasteiger partial charge in [-0.05, 0) is 50.3 Å². The monoisotopic (exact) mass is 593 g/mol. The minimum atomic E-state index is -1.56. The van der Waals surface area contributed by atoms with Crippen LogP contribution in [0.25, 0.3) is 0 Å². The molecule has 0 saturated heterocycles. The molecule has 0 amide bonds. The van der Waals surface area contributed by atoms with Gasteiger partial charge in [-0.15, -0.1) is 0 Å². The van der Waals surface area contributed by atoms with Crippen LogP contribution in [0.4, 0.5) is 0 Å². The summed E-state index contributed by atoms with van der Waals surface area (Å²) in [7, 11) is 0. The molecule has 0 fully saturated rings. The predicted molar refractivity (Wildman–Crippen MR) is 185 cm³/mol. The molecule has 0 saturated carbocycles. The van der Waals surface area contributed by atoms with E-state index in [0.717, 1.165) is 0 Å². The molecule has 0 unspecified atom stereocenters. The minimum absolute atomic E-state index is 1.26. The van der Waals surface area contributed by atoms with Crippen LogP contribution in [0.3, 0.4) is 0 Å². The van der Waals surface area contributed by atoms with Crippen LogP contribution < -0.4 is 4.86 Å². The van der Waals surface area contributed by atoms with Crippen molar-refractivity contribution in [3.63, 3.8) is 0 Å². The molecule has 5 heteroatoms. The molecule has 224 valence electrons. The zero-order valence-corrected chi connectivity index (χ0v) is 29.4. The summed E-state index contributed by atoms with van der Waals surface area (Å²) in [4.78, 5) is 4.27. The topological polar surface area (TPSA) is 12.0 Å². The maximum atomic E-state index is 6.59. The predicted octanol–water partition coefficient (Wildman–Crippen LogP) is 12.8. The Morgan fingerprint density at radius 3 is 0.730 bits per heavy atom. The van der Waals surface area contributed by atoms with Crippen molar-refractivity contribution in [1.29, 1.82) is 0 Å². The Morgan fingerprint density at radius 2 is 0.514 bits per heavy atom. The third-order valence-corrected chi connectivity index (χ3v) is 18.6. The highest BCUT2D eigenvalue weighted by Gasteiger charge is 2.25. The molecular weight excluding hydrogens is 524 g/mol. The van der Waals surface area contributed by atoms with Gasteiger partial charge in [-0.1, -0.05) is 180 Å². The van der Waals surface area contributed by atoms with Crippen LogP contribution in [-0.4, -0.2) is 24.6 Å². The fourth-order valence-corrected chi connectivity index (χ4v) is 17.8. The first-order chi connectivity index (χ1) is 17.9. The molecule has 0 aliphatic rings. The lowest BCUT2D eigenvalue weighted by molar-refractivity contribution is 0.620. The average Bonchev–Trinajstić information content (AvgIpc) is 2.88. The first-order valence-electron chi connectivity index (χ1n) is 16.9. The second-order valence-corrected chi connectivity index (χ2v) is 22.2. The lowest BCUT2D eigenvalue weighted by atomic mass is 10.1. The second kappa shape index (κ2) is 27.4. The summed E-state index contributed by atoms with van der Waals surface area (Å²) < 4.78 is 0. The number of unbranched alkanes of at least 4 members (excludes halogenated alkanes) is 20. The molecule has 0 atom stereocenters. The maximum Gasteiger partial charge on any atom is 0.0164 e. The molecule has 0 aromatic heterocycles. The van der Waals surface area contributed by atoms with E-state index >= 15 is 0 Å². The van der Waals surface area contributed by atoms with Crippen molar-refractivity contribution in [1.82, 2.24) is 4.86 Å². The van der Waals surface area contributed by atoms with Crippen molar-refractivity contribution >= 4 is 36.0 Å². The van der Waals surface area contributed by atoms with Gasteiger partial charge in [0.05, 0.1) is 0 Å². The number of rotatable bonds is 30. The third-order valence-electron chi connectivity index (χ3n) is 7.86. The molecule has 0 aliphatic heterocycles. The normalized spacial score (nSPS) is 12.4. The van der Waals surface area contributed by atoms with Gasteiger partial charge in [0.15, 0.2) is 0 Å². The molecule has 0 bridgehead atoms. The zero-order chi connectivity index (χ0) is 27.5. The van der Waals surface area contributed by atoms with Crippen LogP contribution in [0, 0.1) is 0 Å². The van der Waals surface area contributed by atoms with Crippen molar-refractivity contribution in [2.45, 2.75) is 182 Å². The van der Waals surface area contributed by atoms with Gasteiger partial charge < -0.3 is 0 Å². The molecule has 0 spiro atoms. The highest BCUT2D eigenvalue weighted by Crippen LogP contribution is 2.57. The van der Waals surface area contributed by atoms with Gasteiger partial charge in [-0.25, -0.2) is 0 Å². The van der Waals surface area contributed by atoms with Crippen molar-refractivity contribution in [3.05, 3.63) is 0 Å². The lowest BCUT2D eigenvalue weighted by Crippen LogP contribution is -2.17. The number of nitrogens with one attached hydrogen (secondary N) is 1. The SMILES string of the molecule is CCCCCCCCP(=S)(CCCCCCCC)NP(=S)(CCCCCCCC)CCCCCCCC. The maximum absolute atomic E-state index is 6.59. The average molecular weight is 594 g/mol. The van der Waals surface area contributed by atoms with Crippen molar-refractivity contribution in [3.8, 4) is 0 Å². The molecule has 37 heavy (non-hydrogen) atoms. The first-order valence-corrected chi connectivity index (χ1v) is 23.3. The van der Waals surface area contributed by atoms with E-state index in [4.69, 9.17) is 23.6 Å². The van der Waals surface area contributed by atoms with E-state index in [1.165, 1.54) is 179 Å². The van der Waals surface area contributed by atoms with Gasteiger partial charge in [-0.2, -0.15) is 0 Å². The Bertz CT molecular complexity index is 479. The van der Waals surface area contributed by atoms with Gasteiger partial charge in [-0.3, -0.25) is 4.86 Å². The fraction of sp³-hybridized carbons (Fsp3) is 1.00.